The van der Waals surface area contributed by atoms with Gasteiger partial charge in [0.25, 0.3) is 0 Å². The van der Waals surface area contributed by atoms with E-state index in [4.69, 9.17) is 14.2 Å². The highest BCUT2D eigenvalue weighted by Crippen LogP contribution is 2.36. The Balaban J connectivity index is 1.72. The summed E-state index contributed by atoms with van der Waals surface area (Å²) in [6, 6.07) is 5.76. The molecule has 1 atom stereocenters. The number of carbonyl (C=O) groups excluding carboxylic acids is 1. The summed E-state index contributed by atoms with van der Waals surface area (Å²) in [5.41, 5.74) is 0.967. The van der Waals surface area contributed by atoms with Gasteiger partial charge in [0.15, 0.2) is 0 Å². The number of amides is 1. The fraction of sp³-hybridized carbons (Fsp3) is 0.611. The molecule has 126 valence electrons. The number of hydrogen-bond acceptors (Lipinski definition) is 4. The summed E-state index contributed by atoms with van der Waals surface area (Å²) in [6.07, 6.45) is 4.55. The minimum Gasteiger partial charge on any atom is -0.497 e. The van der Waals surface area contributed by atoms with E-state index in [0.717, 1.165) is 55.9 Å². The molecule has 1 amide bonds. The summed E-state index contributed by atoms with van der Waals surface area (Å²) >= 11 is 0. The lowest BCUT2D eigenvalue weighted by atomic mass is 9.92. The van der Waals surface area contributed by atoms with E-state index >= 15 is 0 Å². The van der Waals surface area contributed by atoms with Crippen molar-refractivity contribution in [2.75, 3.05) is 27.4 Å². The first-order valence-electron chi connectivity index (χ1n) is 8.28. The SMILES string of the molecule is COc1cc(CN2CC[C@]3(CCCO3)CCC2=O)cc(OC)c1. The van der Waals surface area contributed by atoms with Gasteiger partial charge in [-0.25, -0.2) is 0 Å². The lowest BCUT2D eigenvalue weighted by molar-refractivity contribution is -0.131. The molecule has 5 heteroatoms. The first-order valence-corrected chi connectivity index (χ1v) is 8.28. The van der Waals surface area contributed by atoms with E-state index in [1.54, 1.807) is 14.2 Å². The molecule has 1 aromatic carbocycles. The van der Waals surface area contributed by atoms with Crippen LogP contribution in [0.4, 0.5) is 0 Å². The van der Waals surface area contributed by atoms with Crippen molar-refractivity contribution < 1.29 is 19.0 Å². The van der Waals surface area contributed by atoms with Crippen molar-refractivity contribution in [1.29, 1.82) is 0 Å². The maximum atomic E-state index is 12.5. The Morgan fingerprint density at radius 1 is 1.13 bits per heavy atom. The second-order valence-corrected chi connectivity index (χ2v) is 6.42. The fourth-order valence-electron chi connectivity index (χ4n) is 3.58. The Labute approximate surface area is 137 Å². The zero-order valence-electron chi connectivity index (χ0n) is 14.0. The highest BCUT2D eigenvalue weighted by Gasteiger charge is 2.38. The van der Waals surface area contributed by atoms with Crippen LogP contribution in [0.5, 0.6) is 11.5 Å². The summed E-state index contributed by atoms with van der Waals surface area (Å²) in [4.78, 5) is 14.4. The zero-order valence-corrected chi connectivity index (χ0v) is 14.0. The predicted molar refractivity (Wildman–Crippen MR) is 86.7 cm³/mol. The van der Waals surface area contributed by atoms with Crippen LogP contribution in [0.25, 0.3) is 0 Å². The Morgan fingerprint density at radius 2 is 1.87 bits per heavy atom. The van der Waals surface area contributed by atoms with Crippen molar-refractivity contribution in [3.05, 3.63) is 23.8 Å². The molecular formula is C18H25NO4. The van der Waals surface area contributed by atoms with Gasteiger partial charge >= 0.3 is 0 Å². The van der Waals surface area contributed by atoms with Gasteiger partial charge in [-0.1, -0.05) is 0 Å². The summed E-state index contributed by atoms with van der Waals surface area (Å²) in [5.74, 6) is 1.70. The van der Waals surface area contributed by atoms with Gasteiger partial charge in [-0.2, -0.15) is 0 Å². The molecule has 2 aliphatic rings. The molecule has 0 aliphatic carbocycles. The van der Waals surface area contributed by atoms with Gasteiger partial charge in [0.1, 0.15) is 11.5 Å². The molecule has 2 fully saturated rings. The zero-order chi connectivity index (χ0) is 16.3. The summed E-state index contributed by atoms with van der Waals surface area (Å²) in [7, 11) is 3.27. The third-order valence-corrected chi connectivity index (χ3v) is 4.95. The van der Waals surface area contributed by atoms with Crippen LogP contribution in [0.2, 0.25) is 0 Å². The van der Waals surface area contributed by atoms with Crippen LogP contribution in [-0.4, -0.2) is 43.8 Å². The van der Waals surface area contributed by atoms with Gasteiger partial charge in [-0.3, -0.25) is 4.79 Å². The molecule has 2 saturated heterocycles. The van der Waals surface area contributed by atoms with Crippen molar-refractivity contribution in [3.63, 3.8) is 0 Å². The van der Waals surface area contributed by atoms with Gasteiger partial charge in [0, 0.05) is 32.2 Å². The quantitative estimate of drug-likeness (QED) is 0.856. The molecule has 1 aromatic rings. The van der Waals surface area contributed by atoms with Gasteiger partial charge in [0.2, 0.25) is 5.91 Å². The Bertz CT molecular complexity index is 544. The van der Waals surface area contributed by atoms with E-state index < -0.39 is 0 Å². The molecule has 2 heterocycles. The molecule has 23 heavy (non-hydrogen) atoms. The van der Waals surface area contributed by atoms with Crippen LogP contribution < -0.4 is 9.47 Å². The number of methoxy groups -OCH3 is 2. The minimum atomic E-state index is -0.0590. The Morgan fingerprint density at radius 3 is 2.48 bits per heavy atom. The van der Waals surface area contributed by atoms with Gasteiger partial charge in [-0.15, -0.1) is 0 Å². The van der Waals surface area contributed by atoms with Crippen LogP contribution in [-0.2, 0) is 16.1 Å². The third kappa shape index (κ3) is 3.61. The first-order chi connectivity index (χ1) is 11.1. The van der Waals surface area contributed by atoms with Crippen LogP contribution in [0.15, 0.2) is 18.2 Å². The number of rotatable bonds is 4. The highest BCUT2D eigenvalue weighted by atomic mass is 16.5. The molecule has 0 saturated carbocycles. The fourth-order valence-corrected chi connectivity index (χ4v) is 3.58. The van der Waals surface area contributed by atoms with E-state index in [9.17, 15) is 4.79 Å². The first kappa shape index (κ1) is 16.1. The largest absolute Gasteiger partial charge is 0.497 e. The number of nitrogens with zero attached hydrogens (tertiary/aromatic N) is 1. The normalized spacial score (nSPS) is 24.8. The van der Waals surface area contributed by atoms with Gasteiger partial charge in [0.05, 0.1) is 19.8 Å². The summed E-state index contributed by atoms with van der Waals surface area (Å²) < 4.78 is 16.6. The molecule has 3 rings (SSSR count). The average Bonchev–Trinajstić information content (AvgIpc) is 2.99. The maximum Gasteiger partial charge on any atom is 0.222 e. The molecule has 5 nitrogen and oxygen atoms in total. The second kappa shape index (κ2) is 6.79. The molecule has 0 N–H and O–H groups in total. The highest BCUT2D eigenvalue weighted by molar-refractivity contribution is 5.76. The Kier molecular flexibility index (Phi) is 4.76. The van der Waals surface area contributed by atoms with Crippen molar-refractivity contribution in [3.8, 4) is 11.5 Å². The monoisotopic (exact) mass is 319 g/mol. The average molecular weight is 319 g/mol. The van der Waals surface area contributed by atoms with Crippen LogP contribution >= 0.6 is 0 Å². The van der Waals surface area contributed by atoms with Gasteiger partial charge in [-0.05, 0) is 43.4 Å². The van der Waals surface area contributed by atoms with E-state index in [1.165, 1.54) is 0 Å². The molecule has 0 bridgehead atoms. The van der Waals surface area contributed by atoms with Crippen molar-refractivity contribution in [2.45, 2.75) is 44.2 Å². The number of hydrogen-bond donors (Lipinski definition) is 0. The molecule has 0 radical (unpaired) electrons. The number of ether oxygens (including phenoxy) is 3. The van der Waals surface area contributed by atoms with Crippen LogP contribution in [0, 0.1) is 0 Å². The Hall–Kier alpha value is -1.75. The van der Waals surface area contributed by atoms with Crippen LogP contribution in [0.1, 0.15) is 37.7 Å². The third-order valence-electron chi connectivity index (χ3n) is 4.95. The predicted octanol–water partition coefficient (Wildman–Crippen LogP) is 2.77. The molecule has 2 aliphatic heterocycles. The van der Waals surface area contributed by atoms with Crippen molar-refractivity contribution in [2.24, 2.45) is 0 Å². The lowest BCUT2D eigenvalue weighted by Crippen LogP contribution is -2.32. The van der Waals surface area contributed by atoms with Crippen LogP contribution in [0.3, 0.4) is 0 Å². The number of benzene rings is 1. The summed E-state index contributed by atoms with van der Waals surface area (Å²) in [6.45, 7) is 2.17. The van der Waals surface area contributed by atoms with E-state index in [2.05, 4.69) is 0 Å². The van der Waals surface area contributed by atoms with Crippen molar-refractivity contribution in [1.82, 2.24) is 4.90 Å². The lowest BCUT2D eigenvalue weighted by Gasteiger charge is -2.26. The molecular weight excluding hydrogens is 294 g/mol. The standard InChI is InChI=1S/C18H25NO4/c1-21-15-10-14(11-16(12-15)22-2)13-19-8-7-18(5-3-9-23-18)6-4-17(19)20/h10-12H,3-9,13H2,1-2H3/t18-/m0/s1. The number of carbonyl (C=O) groups is 1. The number of likely N-dealkylation sites (tertiary alicyclic amines) is 1. The molecule has 0 aromatic heterocycles. The van der Waals surface area contributed by atoms with Gasteiger partial charge < -0.3 is 19.1 Å². The second-order valence-electron chi connectivity index (χ2n) is 6.42. The topological polar surface area (TPSA) is 48.0 Å². The molecule has 1 spiro atoms. The molecule has 0 unspecified atom stereocenters. The minimum absolute atomic E-state index is 0.0590. The van der Waals surface area contributed by atoms with Crippen molar-refractivity contribution >= 4 is 5.91 Å². The van der Waals surface area contributed by atoms with E-state index in [0.29, 0.717) is 13.0 Å². The van der Waals surface area contributed by atoms with E-state index in [1.807, 2.05) is 23.1 Å². The maximum absolute atomic E-state index is 12.5. The summed E-state index contributed by atoms with van der Waals surface area (Å²) in [5, 5.41) is 0. The smallest absolute Gasteiger partial charge is 0.222 e. The van der Waals surface area contributed by atoms with E-state index in [-0.39, 0.29) is 11.5 Å².